The van der Waals surface area contributed by atoms with Gasteiger partial charge in [-0.3, -0.25) is 34.0 Å². The Hall–Kier alpha value is -4.30. The van der Waals surface area contributed by atoms with E-state index in [0.717, 1.165) is 24.8 Å². The molecule has 5 unspecified atom stereocenters. The van der Waals surface area contributed by atoms with Gasteiger partial charge in [-0.15, -0.1) is 0 Å². The van der Waals surface area contributed by atoms with E-state index in [0.29, 0.717) is 5.56 Å². The number of carbonyl (C=O) groups is 4. The molecule has 0 radical (unpaired) electrons. The molecule has 2 aliphatic heterocycles. The van der Waals surface area contributed by atoms with Crippen LogP contribution in [0.2, 0.25) is 5.02 Å². The minimum Gasteiger partial charge on any atom is -0.508 e. The van der Waals surface area contributed by atoms with Crippen molar-refractivity contribution < 1.29 is 39.6 Å². The van der Waals surface area contributed by atoms with Crippen molar-refractivity contribution in [2.75, 3.05) is 19.4 Å². The lowest BCUT2D eigenvalue weighted by molar-refractivity contribution is -0.153. The minimum atomic E-state index is -2.75. The smallest absolute Gasteiger partial charge is 0.255 e. The molecular weight excluding hydrogens is 630 g/mol. The average molecular weight is 664 g/mol. The number of fused-ring (bicyclic) bond motifs is 4. The maximum atomic E-state index is 14.1. The quantitative estimate of drug-likeness (QED) is 0.194. The molecule has 13 nitrogen and oxygen atoms in total. The Morgan fingerprint density at radius 3 is 2.38 bits per heavy atom. The number of aliphatic hydroxyl groups is 3. The number of aliphatic hydroxyl groups excluding tert-OH is 2. The van der Waals surface area contributed by atoms with Gasteiger partial charge in [0, 0.05) is 36.0 Å². The largest absolute Gasteiger partial charge is 0.508 e. The number of halogens is 1. The summed E-state index contributed by atoms with van der Waals surface area (Å²) in [5.74, 6) is -8.05. The molecule has 14 heteroatoms. The van der Waals surface area contributed by atoms with Crippen molar-refractivity contribution in [3.05, 3.63) is 69.2 Å². The van der Waals surface area contributed by atoms with Crippen LogP contribution in [0.25, 0.3) is 5.76 Å². The first-order chi connectivity index (χ1) is 22.3. The van der Waals surface area contributed by atoms with Crippen molar-refractivity contribution in [1.82, 2.24) is 14.8 Å². The molecule has 3 heterocycles. The Morgan fingerprint density at radius 1 is 1.13 bits per heavy atom. The van der Waals surface area contributed by atoms with Crippen LogP contribution in [0.4, 0.5) is 5.69 Å². The summed E-state index contributed by atoms with van der Waals surface area (Å²) in [5.41, 5.74) is 2.23. The Kier molecular flexibility index (Phi) is 7.24. The van der Waals surface area contributed by atoms with Crippen molar-refractivity contribution in [3.63, 3.8) is 0 Å². The second-order valence-electron chi connectivity index (χ2n) is 13.3. The number of rotatable bonds is 6. The highest BCUT2D eigenvalue weighted by Gasteiger charge is 2.64. The van der Waals surface area contributed by atoms with Crippen molar-refractivity contribution in [3.8, 4) is 5.75 Å². The molecule has 7 N–H and O–H groups in total. The van der Waals surface area contributed by atoms with Crippen LogP contribution in [0.1, 0.15) is 48.4 Å². The number of aromatic hydroxyl groups is 1. The van der Waals surface area contributed by atoms with E-state index in [1.807, 2.05) is 0 Å². The monoisotopic (exact) mass is 663 g/mol. The molecule has 2 saturated carbocycles. The van der Waals surface area contributed by atoms with Gasteiger partial charge in [0.1, 0.15) is 28.8 Å². The van der Waals surface area contributed by atoms with Gasteiger partial charge in [0.2, 0.25) is 11.7 Å². The Morgan fingerprint density at radius 2 is 1.79 bits per heavy atom. The number of anilines is 1. The summed E-state index contributed by atoms with van der Waals surface area (Å²) in [6.07, 6.45) is 6.18. The molecule has 1 aromatic heterocycles. The molecule has 2 bridgehead atoms. The molecule has 0 spiro atoms. The van der Waals surface area contributed by atoms with Gasteiger partial charge in [0.15, 0.2) is 17.1 Å². The van der Waals surface area contributed by atoms with Crippen molar-refractivity contribution in [2.45, 2.75) is 61.9 Å². The number of hydrogen-bond donors (Lipinski definition) is 6. The molecule has 2 aromatic rings. The van der Waals surface area contributed by atoms with E-state index in [1.54, 1.807) is 24.5 Å². The predicted molar refractivity (Wildman–Crippen MR) is 168 cm³/mol. The van der Waals surface area contributed by atoms with Crippen LogP contribution in [0.5, 0.6) is 5.75 Å². The van der Waals surface area contributed by atoms with Crippen molar-refractivity contribution in [2.24, 2.45) is 17.6 Å². The molecule has 6 aliphatic rings. The average Bonchev–Trinajstić information content (AvgIpc) is 3.65. The van der Waals surface area contributed by atoms with Crippen molar-refractivity contribution in [1.29, 1.82) is 0 Å². The van der Waals surface area contributed by atoms with Gasteiger partial charge in [-0.2, -0.15) is 0 Å². The van der Waals surface area contributed by atoms with Gasteiger partial charge in [-0.1, -0.05) is 11.6 Å². The molecule has 2 amide bonds. The van der Waals surface area contributed by atoms with Gasteiger partial charge >= 0.3 is 0 Å². The van der Waals surface area contributed by atoms with Crippen LogP contribution < -0.4 is 11.1 Å². The normalized spacial score (nSPS) is 30.4. The van der Waals surface area contributed by atoms with Gasteiger partial charge < -0.3 is 31.5 Å². The van der Waals surface area contributed by atoms with Crippen LogP contribution in [-0.2, 0) is 25.6 Å². The molecule has 4 aliphatic carbocycles. The van der Waals surface area contributed by atoms with E-state index in [4.69, 9.17) is 17.3 Å². The van der Waals surface area contributed by atoms with E-state index < -0.39 is 75.7 Å². The number of aromatic nitrogens is 1. The zero-order valence-corrected chi connectivity index (χ0v) is 26.4. The fraction of sp³-hybridized carbons (Fsp3) is 0.424. The number of pyridine rings is 1. The first-order valence-corrected chi connectivity index (χ1v) is 15.8. The maximum Gasteiger partial charge on any atom is 0.255 e. The SMILES string of the molecule is CN(C)[C@@H]1C(=O)C(C(N)=O)=C(O)[C@@]2(O)C(=O)C3=C(O)c4c(cc(Cl)c(NC(=O)C(c5ccncc5)N5C6CCC5C6)c4O)CC3CC12. The second kappa shape index (κ2) is 10.9. The fourth-order valence-corrected chi connectivity index (χ4v) is 8.91. The number of benzene rings is 1. The molecule has 8 rings (SSSR count). The number of Topliss-reactive ketones (excluding diaryl/α,β-unsaturated/α-hetero) is 2. The molecule has 1 aromatic carbocycles. The summed E-state index contributed by atoms with van der Waals surface area (Å²) < 4.78 is 0. The summed E-state index contributed by atoms with van der Waals surface area (Å²) in [7, 11) is 3.07. The first-order valence-electron chi connectivity index (χ1n) is 15.4. The van der Waals surface area contributed by atoms with Crippen molar-refractivity contribution >= 4 is 46.4 Å². The molecule has 2 saturated heterocycles. The maximum absolute atomic E-state index is 14.1. The number of amides is 2. The predicted octanol–water partition coefficient (Wildman–Crippen LogP) is 1.93. The third kappa shape index (κ3) is 4.37. The fourth-order valence-electron chi connectivity index (χ4n) is 8.64. The lowest BCUT2D eigenvalue weighted by Crippen LogP contribution is -2.65. The second-order valence-corrected chi connectivity index (χ2v) is 13.7. The highest BCUT2D eigenvalue weighted by atomic mass is 35.5. The zero-order valence-electron chi connectivity index (χ0n) is 25.6. The lowest BCUT2D eigenvalue weighted by Gasteiger charge is -2.50. The zero-order chi connectivity index (χ0) is 33.7. The third-order valence-corrected chi connectivity index (χ3v) is 11.0. The summed E-state index contributed by atoms with van der Waals surface area (Å²) >= 11 is 6.65. The number of phenolic OH excluding ortho intramolecular Hbond substituents is 1. The number of nitrogens with two attached hydrogens (primary N) is 1. The van der Waals surface area contributed by atoms with Gasteiger partial charge in [0.25, 0.3) is 5.91 Å². The number of ketones is 2. The van der Waals surface area contributed by atoms with E-state index in [2.05, 4.69) is 15.2 Å². The van der Waals surface area contributed by atoms with Gasteiger partial charge in [-0.05, 0) is 81.4 Å². The van der Waals surface area contributed by atoms with E-state index in [-0.39, 0.29) is 46.8 Å². The Bertz CT molecular complexity index is 1810. The number of phenols is 1. The number of primary amides is 1. The van der Waals surface area contributed by atoms with E-state index >= 15 is 0 Å². The van der Waals surface area contributed by atoms with Crippen LogP contribution in [0.15, 0.2) is 47.5 Å². The van der Waals surface area contributed by atoms with Crippen LogP contribution in [-0.4, -0.2) is 96.4 Å². The number of nitrogens with one attached hydrogen (secondary N) is 1. The van der Waals surface area contributed by atoms with Gasteiger partial charge in [-0.25, -0.2) is 0 Å². The topological polar surface area (TPSA) is 207 Å². The van der Waals surface area contributed by atoms with E-state index in [1.165, 1.54) is 25.1 Å². The molecular formula is C33H34ClN5O8. The lowest BCUT2D eigenvalue weighted by atomic mass is 9.57. The van der Waals surface area contributed by atoms with Crippen LogP contribution in [0, 0.1) is 11.8 Å². The highest BCUT2D eigenvalue weighted by molar-refractivity contribution is 6.34. The summed E-state index contributed by atoms with van der Waals surface area (Å²) in [6, 6.07) is 3.63. The number of likely N-dealkylation sites (N-methyl/N-ethyl adjacent to an activating group) is 1. The third-order valence-electron chi connectivity index (χ3n) is 10.7. The molecule has 47 heavy (non-hydrogen) atoms. The molecule has 4 fully saturated rings. The summed E-state index contributed by atoms with van der Waals surface area (Å²) in [4.78, 5) is 61.2. The van der Waals surface area contributed by atoms with Gasteiger partial charge in [0.05, 0.1) is 16.6 Å². The van der Waals surface area contributed by atoms with Crippen LogP contribution in [0.3, 0.4) is 0 Å². The van der Waals surface area contributed by atoms with E-state index in [9.17, 15) is 39.6 Å². The van der Waals surface area contributed by atoms with Crippen LogP contribution >= 0.6 is 11.6 Å². The molecule has 246 valence electrons. The number of hydrogen-bond acceptors (Lipinski definition) is 11. The summed E-state index contributed by atoms with van der Waals surface area (Å²) in [6.45, 7) is 0. The first kappa shape index (κ1) is 31.3. The Balaban J connectivity index is 1.29. The standard InChI is InChI=1S/C33H34ClN5O8/c1-38(2)25-18-10-14-9-15-11-19(34)23(37-32(46)24(13-5-7-36-8-6-13)39-16-3-4-17(39)12-16)27(41)20(15)26(40)21(14)29(43)33(18,47)30(44)22(28(25)42)31(35)45/h5-8,11,14,16-18,24-25,40-41,44,47H,3-4,9-10,12H2,1-2H3,(H2,35,45)(H,37,46)/t14?,16?,17?,18?,24?,25-,33-/m0/s1. The summed E-state index contributed by atoms with van der Waals surface area (Å²) in [5, 5.41) is 48.8. The highest BCUT2D eigenvalue weighted by Crippen LogP contribution is 2.54. The molecule has 7 atom stereocenters. The minimum absolute atomic E-state index is 0.00948. The number of carbonyl (C=O) groups excluding carboxylic acids is 4. The number of nitrogens with zero attached hydrogens (tertiary/aromatic N) is 3. The Labute approximate surface area is 274 Å².